The highest BCUT2D eigenvalue weighted by atomic mass is 79.9. The third-order valence-electron chi connectivity index (χ3n) is 3.66. The Labute approximate surface area is 135 Å². The molecule has 2 heterocycles. The lowest BCUT2D eigenvalue weighted by Gasteiger charge is -2.19. The molecule has 0 saturated carbocycles. The number of carboxylic acids is 1. The van der Waals surface area contributed by atoms with Gasteiger partial charge in [0.25, 0.3) is 0 Å². The van der Waals surface area contributed by atoms with Gasteiger partial charge < -0.3 is 5.11 Å². The molecule has 3 rings (SSSR count). The van der Waals surface area contributed by atoms with E-state index in [1.807, 2.05) is 34.5 Å². The van der Waals surface area contributed by atoms with Gasteiger partial charge in [0.1, 0.15) is 11.0 Å². The summed E-state index contributed by atoms with van der Waals surface area (Å²) < 4.78 is 1.05. The average molecular weight is 367 g/mol. The Kier molecular flexibility index (Phi) is 4.37. The average Bonchev–Trinajstić information content (AvgIpc) is 3.09. The van der Waals surface area contributed by atoms with E-state index in [-0.39, 0.29) is 6.04 Å². The van der Waals surface area contributed by atoms with Crippen LogP contribution in [0.5, 0.6) is 0 Å². The molecule has 0 aliphatic carbocycles. The van der Waals surface area contributed by atoms with Gasteiger partial charge in [-0.3, -0.25) is 9.69 Å². The second-order valence-electron chi connectivity index (χ2n) is 5.12. The molecule has 0 radical (unpaired) electrons. The number of hydrogen-bond acceptors (Lipinski definition) is 4. The van der Waals surface area contributed by atoms with Crippen molar-refractivity contribution in [2.24, 2.45) is 0 Å². The Balaban J connectivity index is 1.73. The van der Waals surface area contributed by atoms with Crippen molar-refractivity contribution in [2.45, 2.75) is 25.4 Å². The number of likely N-dealkylation sites (tertiary alicyclic amines) is 1. The highest BCUT2D eigenvalue weighted by molar-refractivity contribution is 9.10. The molecule has 1 fully saturated rings. The van der Waals surface area contributed by atoms with Crippen molar-refractivity contribution in [2.75, 3.05) is 6.54 Å². The molecule has 21 heavy (non-hydrogen) atoms. The Morgan fingerprint density at radius 2 is 2.19 bits per heavy atom. The van der Waals surface area contributed by atoms with Gasteiger partial charge in [-0.15, -0.1) is 11.3 Å². The summed E-state index contributed by atoms with van der Waals surface area (Å²) in [6.07, 6.45) is 1.68. The van der Waals surface area contributed by atoms with Crippen LogP contribution in [0.3, 0.4) is 0 Å². The molecule has 2 aromatic rings. The fourth-order valence-electron chi connectivity index (χ4n) is 2.61. The van der Waals surface area contributed by atoms with Crippen LogP contribution in [-0.2, 0) is 11.3 Å². The molecule has 1 saturated heterocycles. The maximum atomic E-state index is 11.2. The summed E-state index contributed by atoms with van der Waals surface area (Å²) in [6.45, 7) is 1.45. The lowest BCUT2D eigenvalue weighted by Crippen LogP contribution is -2.35. The number of thiazole rings is 1. The smallest absolute Gasteiger partial charge is 0.320 e. The molecule has 1 atom stereocenters. The molecule has 110 valence electrons. The number of benzene rings is 1. The summed E-state index contributed by atoms with van der Waals surface area (Å²) >= 11 is 5.02. The first kappa shape index (κ1) is 14.7. The van der Waals surface area contributed by atoms with E-state index in [1.54, 1.807) is 11.3 Å². The zero-order valence-corrected chi connectivity index (χ0v) is 13.7. The fourth-order valence-corrected chi connectivity index (χ4v) is 3.69. The highest BCUT2D eigenvalue weighted by Crippen LogP contribution is 2.27. The van der Waals surface area contributed by atoms with E-state index >= 15 is 0 Å². The molecule has 1 aromatic heterocycles. The zero-order chi connectivity index (χ0) is 14.8. The van der Waals surface area contributed by atoms with Crippen molar-refractivity contribution in [3.8, 4) is 10.6 Å². The van der Waals surface area contributed by atoms with Gasteiger partial charge in [0.2, 0.25) is 0 Å². The second kappa shape index (κ2) is 6.25. The minimum Gasteiger partial charge on any atom is -0.480 e. The summed E-state index contributed by atoms with van der Waals surface area (Å²) in [5, 5.41) is 12.2. The van der Waals surface area contributed by atoms with E-state index in [0.29, 0.717) is 6.54 Å². The molecule has 1 aliphatic rings. The van der Waals surface area contributed by atoms with E-state index < -0.39 is 5.97 Å². The molecule has 1 unspecified atom stereocenters. The summed E-state index contributed by atoms with van der Waals surface area (Å²) in [7, 11) is 0. The Morgan fingerprint density at radius 1 is 1.43 bits per heavy atom. The van der Waals surface area contributed by atoms with Crippen LogP contribution in [0.25, 0.3) is 10.6 Å². The number of hydrogen-bond donors (Lipinski definition) is 1. The Morgan fingerprint density at radius 3 is 2.90 bits per heavy atom. The molecule has 0 spiro atoms. The van der Waals surface area contributed by atoms with E-state index in [4.69, 9.17) is 0 Å². The summed E-state index contributed by atoms with van der Waals surface area (Å²) in [5.74, 6) is -0.726. The first-order valence-electron chi connectivity index (χ1n) is 6.80. The van der Waals surface area contributed by atoms with Gasteiger partial charge in [-0.25, -0.2) is 4.98 Å². The van der Waals surface area contributed by atoms with Crippen molar-refractivity contribution in [3.63, 3.8) is 0 Å². The molecule has 1 aliphatic heterocycles. The number of nitrogens with zero attached hydrogens (tertiary/aromatic N) is 2. The van der Waals surface area contributed by atoms with Gasteiger partial charge in [-0.2, -0.15) is 0 Å². The van der Waals surface area contributed by atoms with Gasteiger partial charge in [0, 0.05) is 22.0 Å². The number of aromatic nitrogens is 1. The number of halogens is 1. The van der Waals surface area contributed by atoms with E-state index in [1.165, 1.54) is 0 Å². The number of carboxylic acid groups (broad SMARTS) is 1. The summed E-state index contributed by atoms with van der Waals surface area (Å²) in [6, 6.07) is 7.70. The zero-order valence-electron chi connectivity index (χ0n) is 11.3. The van der Waals surface area contributed by atoms with Crippen LogP contribution in [0.2, 0.25) is 0 Å². The van der Waals surface area contributed by atoms with Crippen LogP contribution >= 0.6 is 27.3 Å². The highest BCUT2D eigenvalue weighted by Gasteiger charge is 2.30. The van der Waals surface area contributed by atoms with Gasteiger partial charge in [0.05, 0.1) is 5.69 Å². The minimum absolute atomic E-state index is 0.358. The summed E-state index contributed by atoms with van der Waals surface area (Å²) in [4.78, 5) is 17.8. The van der Waals surface area contributed by atoms with E-state index in [0.717, 1.165) is 40.1 Å². The van der Waals surface area contributed by atoms with Crippen LogP contribution in [0, 0.1) is 0 Å². The predicted molar refractivity (Wildman–Crippen MR) is 86.3 cm³/mol. The second-order valence-corrected chi connectivity index (χ2v) is 6.89. The molecule has 1 aromatic carbocycles. The van der Waals surface area contributed by atoms with Crippen LogP contribution in [0.4, 0.5) is 0 Å². The van der Waals surface area contributed by atoms with Gasteiger partial charge in [0.15, 0.2) is 0 Å². The van der Waals surface area contributed by atoms with Gasteiger partial charge in [-0.05, 0) is 31.5 Å². The molecule has 0 bridgehead atoms. The molecule has 6 heteroatoms. The van der Waals surface area contributed by atoms with Crippen LogP contribution < -0.4 is 0 Å². The standard InChI is InChI=1S/C15H15BrN2O2S/c16-11-5-3-10(4-6-11)14-17-12(9-21-14)8-18-7-1-2-13(18)15(19)20/h3-6,9,13H,1-2,7-8H2,(H,19,20). The van der Waals surface area contributed by atoms with E-state index in [9.17, 15) is 9.90 Å². The Hall–Kier alpha value is -1.24. The van der Waals surface area contributed by atoms with E-state index in [2.05, 4.69) is 20.9 Å². The van der Waals surface area contributed by atoms with Crippen molar-refractivity contribution < 1.29 is 9.90 Å². The quantitative estimate of drug-likeness (QED) is 0.897. The maximum Gasteiger partial charge on any atom is 0.320 e. The first-order chi connectivity index (χ1) is 10.1. The van der Waals surface area contributed by atoms with Crippen LogP contribution in [-0.4, -0.2) is 33.5 Å². The van der Waals surface area contributed by atoms with Crippen LogP contribution in [0.15, 0.2) is 34.1 Å². The third-order valence-corrected chi connectivity index (χ3v) is 5.13. The molecule has 4 nitrogen and oxygen atoms in total. The maximum absolute atomic E-state index is 11.2. The predicted octanol–water partition coefficient (Wildman–Crippen LogP) is 3.62. The first-order valence-corrected chi connectivity index (χ1v) is 8.48. The monoisotopic (exact) mass is 366 g/mol. The van der Waals surface area contributed by atoms with Crippen LogP contribution in [0.1, 0.15) is 18.5 Å². The number of aliphatic carboxylic acids is 1. The number of carbonyl (C=O) groups is 1. The fraction of sp³-hybridized carbons (Fsp3) is 0.333. The lowest BCUT2D eigenvalue weighted by molar-refractivity contribution is -0.142. The molecular weight excluding hydrogens is 352 g/mol. The summed E-state index contributed by atoms with van der Waals surface area (Å²) in [5.41, 5.74) is 2.04. The topological polar surface area (TPSA) is 53.4 Å². The molecule has 0 amide bonds. The van der Waals surface area contributed by atoms with Gasteiger partial charge in [-0.1, -0.05) is 28.1 Å². The van der Waals surface area contributed by atoms with Crippen molar-refractivity contribution in [1.29, 1.82) is 0 Å². The Bertz CT molecular complexity index is 641. The molecular formula is C15H15BrN2O2S. The van der Waals surface area contributed by atoms with Gasteiger partial charge >= 0.3 is 5.97 Å². The van der Waals surface area contributed by atoms with Crippen molar-refractivity contribution >= 4 is 33.2 Å². The molecule has 1 N–H and O–H groups in total. The lowest BCUT2D eigenvalue weighted by atomic mass is 10.2. The van der Waals surface area contributed by atoms with Crippen molar-refractivity contribution in [1.82, 2.24) is 9.88 Å². The normalized spacial score (nSPS) is 19.0. The largest absolute Gasteiger partial charge is 0.480 e. The SMILES string of the molecule is O=C(O)C1CCCN1Cc1csc(-c2ccc(Br)cc2)n1. The third kappa shape index (κ3) is 3.33. The minimum atomic E-state index is -0.726. The number of rotatable bonds is 4. The van der Waals surface area contributed by atoms with Crippen molar-refractivity contribution in [3.05, 3.63) is 39.8 Å².